The molecule has 0 aliphatic carbocycles. The van der Waals surface area contributed by atoms with Crippen LogP contribution in [0.5, 0.6) is 0 Å². The van der Waals surface area contributed by atoms with E-state index >= 15 is 0 Å². The molecule has 2 rings (SSSR count). The summed E-state index contributed by atoms with van der Waals surface area (Å²) < 4.78 is 6.65. The van der Waals surface area contributed by atoms with E-state index in [0.29, 0.717) is 5.92 Å². The van der Waals surface area contributed by atoms with E-state index in [1.807, 2.05) is 5.23 Å². The summed E-state index contributed by atoms with van der Waals surface area (Å²) in [6, 6.07) is 10.9. The Labute approximate surface area is 161 Å². The Kier molecular flexibility index (Phi) is 6.23. The zero-order chi connectivity index (χ0) is 19.8. The monoisotopic (exact) mass is 375 g/mol. The fraction of sp³-hybridized carbons (Fsp3) is 0.636. The lowest BCUT2D eigenvalue weighted by Crippen LogP contribution is -2.57. The van der Waals surface area contributed by atoms with Gasteiger partial charge in [-0.05, 0) is 57.3 Å². The number of hydroxylamine groups is 2. The van der Waals surface area contributed by atoms with Crippen LogP contribution in [-0.4, -0.2) is 25.2 Å². The van der Waals surface area contributed by atoms with Gasteiger partial charge in [0.15, 0.2) is 0 Å². The normalized spacial score (nSPS) is 24.5. The molecule has 0 radical (unpaired) electrons. The van der Waals surface area contributed by atoms with Crippen LogP contribution >= 0.6 is 0 Å². The molecule has 1 aromatic carbocycles. The zero-order valence-electron chi connectivity index (χ0n) is 17.9. The molecule has 0 bridgehead atoms. The maximum absolute atomic E-state index is 6.65. The van der Waals surface area contributed by atoms with Gasteiger partial charge in [0, 0.05) is 5.92 Å². The molecule has 1 saturated heterocycles. The first-order valence-corrected chi connectivity index (χ1v) is 12.6. The Morgan fingerprint density at radius 1 is 1.27 bits per heavy atom. The van der Waals surface area contributed by atoms with E-state index in [9.17, 15) is 0 Å². The molecule has 0 saturated carbocycles. The number of rotatable bonds is 5. The van der Waals surface area contributed by atoms with Crippen LogP contribution in [0.15, 0.2) is 42.5 Å². The summed E-state index contributed by atoms with van der Waals surface area (Å²) in [4.78, 5) is 6.37. The van der Waals surface area contributed by atoms with Crippen molar-refractivity contribution in [1.82, 2.24) is 5.23 Å². The first kappa shape index (κ1) is 21.4. The van der Waals surface area contributed by atoms with E-state index in [2.05, 4.69) is 91.5 Å². The predicted molar refractivity (Wildman–Crippen MR) is 112 cm³/mol. The van der Waals surface area contributed by atoms with Gasteiger partial charge in [-0.15, -0.1) is 6.58 Å². The van der Waals surface area contributed by atoms with Crippen molar-refractivity contribution in [2.45, 2.75) is 90.1 Å². The standard InChI is InChI=1S/C22H37NO2Si/c1-17(2)15-20-19(18-13-11-10-12-14-18)16-22(6,7)24-23(20)25-26(8,9)21(3,4)5/h10-14,19-20H,1,15-16H2,2-9H3/t19-,20+/m1/s1. The Hall–Kier alpha value is -0.943. The number of hydrogen-bond acceptors (Lipinski definition) is 3. The summed E-state index contributed by atoms with van der Waals surface area (Å²) in [5.41, 5.74) is 2.23. The molecule has 0 spiro atoms. The lowest BCUT2D eigenvalue weighted by molar-refractivity contribution is -0.410. The smallest absolute Gasteiger partial charge is 0.223 e. The summed E-state index contributed by atoms with van der Waals surface area (Å²) in [5, 5.41) is 1.97. The highest BCUT2D eigenvalue weighted by molar-refractivity contribution is 6.74. The van der Waals surface area contributed by atoms with E-state index in [1.165, 1.54) is 5.56 Å². The Balaban J connectivity index is 2.41. The molecule has 3 nitrogen and oxygen atoms in total. The van der Waals surface area contributed by atoms with Crippen molar-refractivity contribution in [1.29, 1.82) is 0 Å². The molecule has 0 unspecified atom stereocenters. The minimum absolute atomic E-state index is 0.119. The van der Waals surface area contributed by atoms with Crippen LogP contribution in [0.25, 0.3) is 0 Å². The second-order valence-electron chi connectivity index (χ2n) is 9.94. The zero-order valence-corrected chi connectivity index (χ0v) is 18.9. The van der Waals surface area contributed by atoms with Crippen molar-refractivity contribution in [3.05, 3.63) is 48.0 Å². The summed E-state index contributed by atoms with van der Waals surface area (Å²) in [7, 11) is -2.01. The van der Waals surface area contributed by atoms with Gasteiger partial charge in [-0.1, -0.05) is 61.9 Å². The molecule has 2 atom stereocenters. The van der Waals surface area contributed by atoms with Crippen LogP contribution < -0.4 is 0 Å². The average molecular weight is 376 g/mol. The van der Waals surface area contributed by atoms with Gasteiger partial charge in [0.05, 0.1) is 11.6 Å². The first-order chi connectivity index (χ1) is 11.8. The molecule has 1 heterocycles. The van der Waals surface area contributed by atoms with Crippen molar-refractivity contribution >= 4 is 8.32 Å². The Morgan fingerprint density at radius 3 is 2.35 bits per heavy atom. The third kappa shape index (κ3) is 5.07. The van der Waals surface area contributed by atoms with E-state index in [1.54, 1.807) is 0 Å². The third-order valence-electron chi connectivity index (χ3n) is 5.69. The summed E-state index contributed by atoms with van der Waals surface area (Å²) in [6.07, 6.45) is 1.83. The fourth-order valence-corrected chi connectivity index (χ4v) is 4.12. The van der Waals surface area contributed by atoms with Gasteiger partial charge in [-0.2, -0.15) is 0 Å². The van der Waals surface area contributed by atoms with E-state index in [4.69, 9.17) is 9.36 Å². The van der Waals surface area contributed by atoms with Gasteiger partial charge in [0.1, 0.15) is 0 Å². The van der Waals surface area contributed by atoms with Crippen molar-refractivity contribution in [3.63, 3.8) is 0 Å². The number of nitrogens with zero attached hydrogens (tertiary/aromatic N) is 1. The summed E-state index contributed by atoms with van der Waals surface area (Å²) in [5.74, 6) is 0.349. The second-order valence-corrected chi connectivity index (χ2v) is 14.6. The van der Waals surface area contributed by atoms with E-state index in [-0.39, 0.29) is 16.7 Å². The molecule has 0 amide bonds. The maximum Gasteiger partial charge on any atom is 0.223 e. The maximum atomic E-state index is 6.65. The topological polar surface area (TPSA) is 21.7 Å². The fourth-order valence-electron chi connectivity index (χ4n) is 3.22. The van der Waals surface area contributed by atoms with Crippen molar-refractivity contribution in [2.75, 3.05) is 0 Å². The molecule has 0 N–H and O–H groups in total. The van der Waals surface area contributed by atoms with Gasteiger partial charge < -0.3 is 4.53 Å². The Morgan fingerprint density at radius 2 is 1.85 bits per heavy atom. The lowest BCUT2D eigenvalue weighted by atomic mass is 9.79. The number of benzene rings is 1. The van der Waals surface area contributed by atoms with Gasteiger partial charge in [0.25, 0.3) is 0 Å². The van der Waals surface area contributed by atoms with Crippen LogP contribution in [0.1, 0.15) is 65.9 Å². The minimum Gasteiger partial charge on any atom is -0.320 e. The molecule has 4 heteroatoms. The van der Waals surface area contributed by atoms with Crippen LogP contribution in [0.3, 0.4) is 0 Å². The molecular weight excluding hydrogens is 338 g/mol. The molecule has 146 valence electrons. The molecule has 1 aromatic rings. The van der Waals surface area contributed by atoms with E-state index in [0.717, 1.165) is 18.4 Å². The minimum atomic E-state index is -2.01. The van der Waals surface area contributed by atoms with Crippen molar-refractivity contribution in [3.8, 4) is 0 Å². The third-order valence-corrected chi connectivity index (χ3v) is 9.94. The summed E-state index contributed by atoms with van der Waals surface area (Å²) in [6.45, 7) is 21.9. The van der Waals surface area contributed by atoms with Crippen LogP contribution in [0.2, 0.25) is 18.1 Å². The van der Waals surface area contributed by atoms with E-state index < -0.39 is 8.32 Å². The first-order valence-electron chi connectivity index (χ1n) is 9.69. The van der Waals surface area contributed by atoms with Crippen molar-refractivity contribution < 1.29 is 9.36 Å². The molecule has 1 fully saturated rings. The van der Waals surface area contributed by atoms with Crippen molar-refractivity contribution in [2.24, 2.45) is 0 Å². The molecule has 1 aliphatic heterocycles. The van der Waals surface area contributed by atoms with Crippen LogP contribution in [0.4, 0.5) is 0 Å². The Bertz CT molecular complexity index is 619. The quantitative estimate of drug-likeness (QED) is 0.435. The number of hydrogen-bond donors (Lipinski definition) is 0. The largest absolute Gasteiger partial charge is 0.320 e. The molecule has 26 heavy (non-hydrogen) atoms. The predicted octanol–water partition coefficient (Wildman–Crippen LogP) is 6.46. The highest BCUT2D eigenvalue weighted by Crippen LogP contribution is 2.44. The lowest BCUT2D eigenvalue weighted by Gasteiger charge is -2.50. The van der Waals surface area contributed by atoms with Crippen LogP contribution in [0, 0.1) is 0 Å². The van der Waals surface area contributed by atoms with Gasteiger partial charge in [-0.3, -0.25) is 4.84 Å². The average Bonchev–Trinajstić information content (AvgIpc) is 2.48. The molecule has 0 aromatic heterocycles. The van der Waals surface area contributed by atoms with Gasteiger partial charge in [-0.25, -0.2) is 0 Å². The van der Waals surface area contributed by atoms with Gasteiger partial charge in [0.2, 0.25) is 8.32 Å². The highest BCUT2D eigenvalue weighted by Gasteiger charge is 2.47. The SMILES string of the molecule is C=C(C)C[C@H]1[C@@H](c2ccccc2)CC(C)(C)ON1O[Si](C)(C)C(C)(C)C. The highest BCUT2D eigenvalue weighted by atomic mass is 28.4. The van der Waals surface area contributed by atoms with Gasteiger partial charge >= 0.3 is 0 Å². The second kappa shape index (κ2) is 7.59. The summed E-state index contributed by atoms with van der Waals surface area (Å²) >= 11 is 0. The molecule has 1 aliphatic rings. The molecular formula is C22H37NO2Si. The van der Waals surface area contributed by atoms with Crippen LogP contribution in [-0.2, 0) is 9.36 Å².